The third kappa shape index (κ3) is 2.02. The molecule has 1 saturated heterocycles. The predicted octanol–water partition coefficient (Wildman–Crippen LogP) is -6.29. The molecule has 4 N–H and O–H groups in total. The minimum absolute atomic E-state index is 0. The van der Waals surface area contributed by atoms with Gasteiger partial charge in [-0.1, -0.05) is 18.2 Å². The van der Waals surface area contributed by atoms with Crippen molar-refractivity contribution in [3.05, 3.63) is 23.8 Å². The fourth-order valence-corrected chi connectivity index (χ4v) is 1.77. The summed E-state index contributed by atoms with van der Waals surface area (Å²) in [6, 6.07) is 0. The number of nitrogens with two attached hydrogens (primary N) is 1. The van der Waals surface area contributed by atoms with E-state index in [2.05, 4.69) is 10.9 Å². The molecule has 1 aliphatic carbocycles. The Labute approximate surface area is 118 Å². The zero-order valence-corrected chi connectivity index (χ0v) is 11.0. The second kappa shape index (κ2) is 4.61. The third-order valence-corrected chi connectivity index (χ3v) is 2.61. The summed E-state index contributed by atoms with van der Waals surface area (Å²) in [5.74, 6) is -4.13. The molecule has 0 radical (unpaired) electrons. The average Bonchev–Trinajstić information content (AvgIpc) is 2.23. The molecule has 1 aliphatic heterocycles. The molecular weight excluding hydrogens is 237 g/mol. The van der Waals surface area contributed by atoms with Crippen LogP contribution in [0.3, 0.4) is 0 Å². The van der Waals surface area contributed by atoms with E-state index < -0.39 is 29.2 Å². The molecule has 1 fully saturated rings. The standard InChI is InChI=1S/C9H9N3O4.Na/c10-9(8(15)16)3-1-2-4-5(9)7(14)12-11-6(4)13;/h1-3,5H,10H2,(H,11,13)(H,12,14)(H,15,16);/q;+1/p-1. The van der Waals surface area contributed by atoms with E-state index in [9.17, 15) is 19.5 Å². The molecule has 2 rings (SSSR count). The summed E-state index contributed by atoms with van der Waals surface area (Å²) in [6.07, 6.45) is 3.81. The Bertz CT molecular complexity index is 459. The van der Waals surface area contributed by atoms with Gasteiger partial charge in [0.1, 0.15) is 0 Å². The van der Waals surface area contributed by atoms with Crippen LogP contribution in [0, 0.1) is 5.92 Å². The van der Waals surface area contributed by atoms with Gasteiger partial charge in [0.15, 0.2) is 0 Å². The Kier molecular flexibility index (Phi) is 3.78. The number of carbonyl (C=O) groups excluding carboxylic acids is 3. The van der Waals surface area contributed by atoms with Crippen molar-refractivity contribution < 1.29 is 49.0 Å². The van der Waals surface area contributed by atoms with Gasteiger partial charge in [-0.3, -0.25) is 20.4 Å². The van der Waals surface area contributed by atoms with E-state index in [1.807, 2.05) is 0 Å². The molecule has 0 spiro atoms. The minimum Gasteiger partial charge on any atom is -0.548 e. The van der Waals surface area contributed by atoms with E-state index >= 15 is 0 Å². The van der Waals surface area contributed by atoms with E-state index in [1.54, 1.807) is 0 Å². The van der Waals surface area contributed by atoms with Crippen LogP contribution in [0.15, 0.2) is 23.8 Å². The van der Waals surface area contributed by atoms with Crippen molar-refractivity contribution in [2.75, 3.05) is 0 Å². The second-order valence-corrected chi connectivity index (χ2v) is 3.58. The number of hydrogen-bond acceptors (Lipinski definition) is 5. The summed E-state index contributed by atoms with van der Waals surface area (Å²) in [6.45, 7) is 0. The van der Waals surface area contributed by atoms with Crippen molar-refractivity contribution in [3.8, 4) is 0 Å². The molecule has 8 heteroatoms. The van der Waals surface area contributed by atoms with E-state index in [0.29, 0.717) is 0 Å². The van der Waals surface area contributed by atoms with Crippen molar-refractivity contribution in [2.24, 2.45) is 11.7 Å². The van der Waals surface area contributed by atoms with Gasteiger partial charge in [-0.2, -0.15) is 0 Å². The number of carbonyl (C=O) groups is 3. The second-order valence-electron chi connectivity index (χ2n) is 3.58. The number of amides is 2. The fourth-order valence-electron chi connectivity index (χ4n) is 1.77. The van der Waals surface area contributed by atoms with E-state index in [4.69, 9.17) is 5.73 Å². The van der Waals surface area contributed by atoms with Crippen molar-refractivity contribution in [1.29, 1.82) is 0 Å². The maximum Gasteiger partial charge on any atom is 1.00 e. The predicted molar refractivity (Wildman–Crippen MR) is 48.9 cm³/mol. The first-order valence-corrected chi connectivity index (χ1v) is 4.47. The topological polar surface area (TPSA) is 124 Å². The van der Waals surface area contributed by atoms with Gasteiger partial charge in [0.05, 0.1) is 17.4 Å². The van der Waals surface area contributed by atoms with Crippen molar-refractivity contribution >= 4 is 17.8 Å². The van der Waals surface area contributed by atoms with Crippen LogP contribution in [0.1, 0.15) is 0 Å². The molecule has 2 unspecified atom stereocenters. The Morgan fingerprint density at radius 1 is 1.41 bits per heavy atom. The van der Waals surface area contributed by atoms with Crippen LogP contribution in [-0.2, 0) is 14.4 Å². The smallest absolute Gasteiger partial charge is 0.548 e. The fraction of sp³-hybridized carbons (Fsp3) is 0.222. The number of hydrogen-bond donors (Lipinski definition) is 3. The summed E-state index contributed by atoms with van der Waals surface area (Å²) in [7, 11) is 0. The first kappa shape index (κ1) is 13.9. The Morgan fingerprint density at radius 2 is 2.06 bits per heavy atom. The van der Waals surface area contributed by atoms with Gasteiger partial charge in [0.25, 0.3) is 5.91 Å². The molecule has 0 aromatic rings. The number of rotatable bonds is 1. The van der Waals surface area contributed by atoms with Crippen LogP contribution in [-0.4, -0.2) is 23.3 Å². The van der Waals surface area contributed by atoms with Gasteiger partial charge in [-0.25, -0.2) is 0 Å². The van der Waals surface area contributed by atoms with Crippen LogP contribution in [0.25, 0.3) is 0 Å². The molecule has 84 valence electrons. The summed E-state index contributed by atoms with van der Waals surface area (Å²) >= 11 is 0. The normalized spacial score (nSPS) is 30.4. The summed E-state index contributed by atoms with van der Waals surface area (Å²) in [5.41, 5.74) is 7.75. The molecule has 7 nitrogen and oxygen atoms in total. The Hall–Kier alpha value is -1.15. The molecule has 0 aromatic carbocycles. The van der Waals surface area contributed by atoms with Crippen molar-refractivity contribution in [2.45, 2.75) is 5.54 Å². The minimum atomic E-state index is -1.99. The van der Waals surface area contributed by atoms with Gasteiger partial charge in [0, 0.05) is 5.57 Å². The molecule has 0 bridgehead atoms. The number of nitrogens with one attached hydrogen (secondary N) is 2. The summed E-state index contributed by atoms with van der Waals surface area (Å²) in [5, 5.41) is 11.0. The maximum atomic E-state index is 11.5. The van der Waals surface area contributed by atoms with Crippen LogP contribution in [0.2, 0.25) is 0 Å². The number of carboxylic acid groups (broad SMARTS) is 1. The van der Waals surface area contributed by atoms with Gasteiger partial charge in [-0.15, -0.1) is 0 Å². The molecule has 1 heterocycles. The van der Waals surface area contributed by atoms with E-state index in [0.717, 1.165) is 6.08 Å². The zero-order valence-electron chi connectivity index (χ0n) is 9.02. The maximum absolute atomic E-state index is 11.5. The SMILES string of the molecule is NC1(C(=O)[O-])C=CC=C2C(=O)NNC(=O)C21.[Na+]. The van der Waals surface area contributed by atoms with Gasteiger partial charge in [0.2, 0.25) is 5.91 Å². The number of fused-ring (bicyclic) bond motifs is 1. The summed E-state index contributed by atoms with van der Waals surface area (Å²) in [4.78, 5) is 33.9. The molecule has 2 amide bonds. The van der Waals surface area contributed by atoms with Crippen LogP contribution < -0.4 is 51.2 Å². The van der Waals surface area contributed by atoms with Gasteiger partial charge < -0.3 is 15.6 Å². The van der Waals surface area contributed by atoms with Crippen molar-refractivity contribution in [1.82, 2.24) is 10.9 Å². The first-order valence-electron chi connectivity index (χ1n) is 4.47. The Morgan fingerprint density at radius 3 is 2.65 bits per heavy atom. The van der Waals surface area contributed by atoms with Crippen LogP contribution in [0.5, 0.6) is 0 Å². The monoisotopic (exact) mass is 245 g/mol. The molecule has 0 aromatic heterocycles. The largest absolute Gasteiger partial charge is 1.00 e. The summed E-state index contributed by atoms with van der Waals surface area (Å²) < 4.78 is 0. The van der Waals surface area contributed by atoms with Crippen LogP contribution in [0.4, 0.5) is 0 Å². The molecule has 2 atom stereocenters. The van der Waals surface area contributed by atoms with Crippen molar-refractivity contribution in [3.63, 3.8) is 0 Å². The number of aliphatic carboxylic acids is 1. The first-order chi connectivity index (χ1) is 7.47. The number of hydrazine groups is 1. The third-order valence-electron chi connectivity index (χ3n) is 2.61. The van der Waals surface area contributed by atoms with E-state index in [-0.39, 0.29) is 35.1 Å². The number of allylic oxidation sites excluding steroid dienone is 2. The number of carboxylic acids is 1. The van der Waals surface area contributed by atoms with Gasteiger partial charge in [-0.05, 0) is 0 Å². The molecular formula is C9H8N3NaO4. The van der Waals surface area contributed by atoms with Crippen LogP contribution >= 0.6 is 0 Å². The molecule has 0 saturated carbocycles. The molecule has 17 heavy (non-hydrogen) atoms. The zero-order chi connectivity index (χ0) is 11.9. The molecule has 2 aliphatic rings. The van der Waals surface area contributed by atoms with E-state index in [1.165, 1.54) is 12.2 Å². The Balaban J connectivity index is 0.00000144. The average molecular weight is 245 g/mol. The quantitative estimate of drug-likeness (QED) is 0.396. The van der Waals surface area contributed by atoms with Gasteiger partial charge >= 0.3 is 29.6 Å².